The molecule has 0 aliphatic carbocycles. The van der Waals surface area contributed by atoms with Gasteiger partial charge in [0.05, 0.1) is 11.4 Å². The molecule has 0 saturated heterocycles. The number of carbonyl (C=O) groups excluding carboxylic acids is 2. The first kappa shape index (κ1) is 38.3. The van der Waals surface area contributed by atoms with Crippen LogP contribution in [0, 0.1) is 29.1 Å². The van der Waals surface area contributed by atoms with Gasteiger partial charge in [0.15, 0.2) is 0 Å². The van der Waals surface area contributed by atoms with E-state index in [1.54, 1.807) is 27.7 Å². The maximum absolute atomic E-state index is 12.7. The van der Waals surface area contributed by atoms with Gasteiger partial charge in [0.1, 0.15) is 5.78 Å². The molecule has 0 aliphatic rings. The molecule has 0 aromatic carbocycles. The summed E-state index contributed by atoms with van der Waals surface area (Å²) < 4.78 is 0. The number of carboxylic acids is 1. The van der Waals surface area contributed by atoms with Crippen molar-refractivity contribution in [2.24, 2.45) is 29.1 Å². The summed E-state index contributed by atoms with van der Waals surface area (Å²) in [6, 6.07) is 0. The molecule has 0 fully saturated rings. The third kappa shape index (κ3) is 7.41. The molecule has 0 bridgehead atoms. The largest absolute Gasteiger partial charge is 0.870 e. The Morgan fingerprint density at radius 3 is 1.30 bits per heavy atom. The van der Waals surface area contributed by atoms with Crippen molar-refractivity contribution in [3.05, 3.63) is 0 Å². The standard InChI is InChI=1S/C15H28O3.4H2O.Ti/c1-8-12(9(2)3)13(16)15(10(4)5,11(6)7)14(17)18;;;;;/h9-12H,8H2,1-7H3,(H,17,18);4*1H2;/p-5. The van der Waals surface area contributed by atoms with Gasteiger partial charge in [-0.25, -0.2) is 0 Å². The molecular formula is C15H31O7Ti-5. The number of carbonyl (C=O) groups is 2. The fraction of sp³-hybridized carbons (Fsp3) is 0.867. The van der Waals surface area contributed by atoms with Gasteiger partial charge in [-0.3, -0.25) is 4.79 Å². The molecule has 1 atom stereocenters. The van der Waals surface area contributed by atoms with Crippen LogP contribution in [0.5, 0.6) is 0 Å². The van der Waals surface area contributed by atoms with Crippen molar-refractivity contribution in [1.82, 2.24) is 0 Å². The van der Waals surface area contributed by atoms with E-state index in [0.717, 1.165) is 0 Å². The van der Waals surface area contributed by atoms with Crippen molar-refractivity contribution in [3.8, 4) is 0 Å². The van der Waals surface area contributed by atoms with E-state index in [1.807, 2.05) is 20.8 Å². The van der Waals surface area contributed by atoms with E-state index in [0.29, 0.717) is 6.42 Å². The zero-order chi connectivity index (χ0) is 14.7. The average molecular weight is 371 g/mol. The van der Waals surface area contributed by atoms with Crippen molar-refractivity contribution >= 4 is 11.8 Å². The van der Waals surface area contributed by atoms with Gasteiger partial charge in [-0.05, 0) is 24.2 Å². The molecule has 7 nitrogen and oxygen atoms in total. The van der Waals surface area contributed by atoms with Crippen LogP contribution in [0.3, 0.4) is 0 Å². The summed E-state index contributed by atoms with van der Waals surface area (Å²) in [5, 5.41) is 11.7. The molecule has 0 amide bonds. The molecule has 0 radical (unpaired) electrons. The number of ketones is 1. The Bertz CT molecular complexity index is 309. The zero-order valence-corrected chi connectivity index (χ0v) is 16.6. The van der Waals surface area contributed by atoms with Gasteiger partial charge < -0.3 is 31.8 Å². The molecular weight excluding hydrogens is 340 g/mol. The summed E-state index contributed by atoms with van der Waals surface area (Å²) in [7, 11) is 0. The van der Waals surface area contributed by atoms with Crippen LogP contribution in [0.2, 0.25) is 0 Å². The van der Waals surface area contributed by atoms with Crippen LogP contribution in [-0.2, 0) is 31.3 Å². The molecule has 0 aromatic rings. The number of carboxylic acid groups (broad SMARTS) is 1. The van der Waals surface area contributed by atoms with Crippen LogP contribution in [0.25, 0.3) is 0 Å². The predicted octanol–water partition coefficient (Wildman–Crippen LogP) is 1.58. The summed E-state index contributed by atoms with van der Waals surface area (Å²) in [6.07, 6.45) is 0.672. The molecule has 1 unspecified atom stereocenters. The van der Waals surface area contributed by atoms with E-state index in [-0.39, 0.29) is 73.1 Å². The van der Waals surface area contributed by atoms with Crippen LogP contribution in [-0.4, -0.2) is 33.7 Å². The predicted molar refractivity (Wildman–Crippen MR) is 78.5 cm³/mol. The molecule has 0 aliphatic heterocycles. The summed E-state index contributed by atoms with van der Waals surface area (Å²) in [6.45, 7) is 13.0. The topological polar surface area (TPSA) is 177 Å². The van der Waals surface area contributed by atoms with Crippen LogP contribution in [0.4, 0.5) is 0 Å². The minimum atomic E-state index is -1.37. The van der Waals surface area contributed by atoms with Crippen molar-refractivity contribution in [1.29, 1.82) is 0 Å². The second kappa shape index (κ2) is 15.2. The second-order valence-corrected chi connectivity index (χ2v) is 6.09. The van der Waals surface area contributed by atoms with Gasteiger partial charge in [0, 0.05) is 27.6 Å². The molecule has 0 saturated carbocycles. The van der Waals surface area contributed by atoms with Gasteiger partial charge in [0.25, 0.3) is 0 Å². The Morgan fingerprint density at radius 1 is 0.870 bits per heavy atom. The molecule has 23 heavy (non-hydrogen) atoms. The monoisotopic (exact) mass is 371 g/mol. The number of hydrogen-bond donors (Lipinski definition) is 0. The van der Waals surface area contributed by atoms with E-state index < -0.39 is 11.4 Å². The van der Waals surface area contributed by atoms with Crippen LogP contribution >= 0.6 is 0 Å². The molecule has 0 aromatic heterocycles. The number of hydrogen-bond acceptors (Lipinski definition) is 7. The van der Waals surface area contributed by atoms with Crippen LogP contribution in [0.15, 0.2) is 0 Å². The summed E-state index contributed by atoms with van der Waals surface area (Å²) >= 11 is 0. The van der Waals surface area contributed by atoms with E-state index in [4.69, 9.17) is 0 Å². The van der Waals surface area contributed by atoms with Crippen LogP contribution in [0.1, 0.15) is 54.9 Å². The Labute approximate surface area is 154 Å². The van der Waals surface area contributed by atoms with Gasteiger partial charge in [-0.15, -0.1) is 0 Å². The first-order chi connectivity index (χ1) is 8.13. The zero-order valence-electron chi connectivity index (χ0n) is 15.0. The molecule has 0 rings (SSSR count). The molecule has 0 spiro atoms. The maximum Gasteiger partial charge on any atom is 0.148 e. The fourth-order valence-electron chi connectivity index (χ4n) is 3.07. The van der Waals surface area contributed by atoms with Crippen molar-refractivity contribution < 1.29 is 58.3 Å². The molecule has 0 heterocycles. The molecule has 142 valence electrons. The Balaban J connectivity index is -0.000000144. The minimum absolute atomic E-state index is 0. The maximum atomic E-state index is 12.7. The number of rotatable bonds is 7. The van der Waals surface area contributed by atoms with E-state index in [1.165, 1.54) is 0 Å². The third-order valence-electron chi connectivity index (χ3n) is 4.15. The van der Waals surface area contributed by atoms with Gasteiger partial charge >= 0.3 is 0 Å². The molecule has 8 heteroatoms. The second-order valence-electron chi connectivity index (χ2n) is 6.09. The SMILES string of the molecule is CCC(C(=O)C(C(=O)[O-])(C(C)C)C(C)C)C(C)C.[OH-].[OH-].[OH-].[OH-].[Ti]. The third-order valence-corrected chi connectivity index (χ3v) is 4.15. The quantitative estimate of drug-likeness (QED) is 0.481. The Morgan fingerprint density at radius 2 is 1.17 bits per heavy atom. The van der Waals surface area contributed by atoms with E-state index in [2.05, 4.69) is 0 Å². The van der Waals surface area contributed by atoms with Crippen LogP contribution < -0.4 is 5.11 Å². The van der Waals surface area contributed by atoms with Crippen molar-refractivity contribution in [3.63, 3.8) is 0 Å². The average Bonchev–Trinajstić information content (AvgIpc) is 2.16. The Kier molecular flexibility index (Phi) is 25.4. The van der Waals surface area contributed by atoms with E-state index in [9.17, 15) is 14.7 Å². The summed E-state index contributed by atoms with van der Waals surface area (Å²) in [5.74, 6) is -1.97. The smallest absolute Gasteiger partial charge is 0.148 e. The molecule has 4 N–H and O–H groups in total. The van der Waals surface area contributed by atoms with Gasteiger partial charge in [0.2, 0.25) is 0 Å². The summed E-state index contributed by atoms with van der Waals surface area (Å²) in [4.78, 5) is 24.4. The van der Waals surface area contributed by atoms with Gasteiger partial charge in [-0.1, -0.05) is 48.5 Å². The van der Waals surface area contributed by atoms with Crippen molar-refractivity contribution in [2.45, 2.75) is 54.9 Å². The first-order valence-electron chi connectivity index (χ1n) is 6.89. The van der Waals surface area contributed by atoms with Crippen molar-refractivity contribution in [2.75, 3.05) is 0 Å². The summed E-state index contributed by atoms with van der Waals surface area (Å²) in [5.41, 5.74) is -1.37. The first-order valence-corrected chi connectivity index (χ1v) is 6.89. The normalized spacial score (nSPS) is 11.2. The fourth-order valence-corrected chi connectivity index (χ4v) is 3.07. The Hall–Kier alpha value is -0.306. The van der Waals surface area contributed by atoms with E-state index >= 15 is 0 Å². The minimum Gasteiger partial charge on any atom is -0.870 e. The number of aliphatic carboxylic acids is 1. The number of Topliss-reactive ketones (excluding diaryl/α,β-unsaturated/α-hetero) is 1. The van der Waals surface area contributed by atoms with Gasteiger partial charge in [-0.2, -0.15) is 0 Å².